The van der Waals surface area contributed by atoms with Gasteiger partial charge in [0.2, 0.25) is 0 Å². The Balaban J connectivity index is 2.61. The molecule has 0 unspecified atom stereocenters. The highest BCUT2D eigenvalue weighted by Gasteiger charge is 2.29. The third-order valence-electron chi connectivity index (χ3n) is 2.60. The number of terminal acetylenes is 1. The van der Waals surface area contributed by atoms with Gasteiger partial charge >= 0.3 is 0 Å². The number of hydrogen-bond donors (Lipinski definition) is 0. The molecule has 1 fully saturated rings. The highest BCUT2D eigenvalue weighted by Crippen LogP contribution is 2.38. The van der Waals surface area contributed by atoms with E-state index in [9.17, 15) is 9.90 Å². The summed E-state index contributed by atoms with van der Waals surface area (Å²) in [6.07, 6.45) is 10.3. The number of rotatable bonds is 2. The first-order valence-electron chi connectivity index (χ1n) is 4.36. The Hall–Kier alpha value is -0.970. The van der Waals surface area contributed by atoms with Crippen LogP contribution in [0, 0.1) is 17.8 Å². The maximum atomic E-state index is 10.4. The van der Waals surface area contributed by atoms with Crippen LogP contribution in [-0.2, 0) is 4.79 Å². The molecule has 0 spiro atoms. The highest BCUT2D eigenvalue weighted by molar-refractivity contribution is 5.66. The molecule has 1 aliphatic carbocycles. The molecule has 1 saturated carbocycles. The molecule has 0 radical (unpaired) electrons. The van der Waals surface area contributed by atoms with Crippen molar-refractivity contribution in [1.29, 1.82) is 0 Å². The van der Waals surface area contributed by atoms with Crippen molar-refractivity contribution >= 4 is 5.97 Å². The van der Waals surface area contributed by atoms with Crippen LogP contribution in [0.4, 0.5) is 0 Å². The summed E-state index contributed by atoms with van der Waals surface area (Å²) in [5, 5.41) is 10.4. The molecule has 0 bridgehead atoms. The number of carbonyl (C=O) groups excluding carboxylic acids is 1. The van der Waals surface area contributed by atoms with Crippen molar-refractivity contribution < 1.29 is 9.90 Å². The Morgan fingerprint density at radius 3 is 2.42 bits per heavy atom. The van der Waals surface area contributed by atoms with E-state index in [0.717, 1.165) is 25.7 Å². The summed E-state index contributed by atoms with van der Waals surface area (Å²) in [7, 11) is 0. The third kappa shape index (κ3) is 2.01. The van der Waals surface area contributed by atoms with Gasteiger partial charge in [-0.1, -0.05) is 25.2 Å². The van der Waals surface area contributed by atoms with Gasteiger partial charge in [0, 0.05) is 17.8 Å². The number of carbonyl (C=O) groups is 1. The summed E-state index contributed by atoms with van der Waals surface area (Å²) < 4.78 is 0. The minimum atomic E-state index is -1.02. The topological polar surface area (TPSA) is 40.1 Å². The molecule has 0 aromatic carbocycles. The largest absolute Gasteiger partial charge is 0.550 e. The molecule has 0 amide bonds. The summed E-state index contributed by atoms with van der Waals surface area (Å²) in [5.74, 6) is 1.61. The average molecular weight is 165 g/mol. The van der Waals surface area contributed by atoms with E-state index in [1.165, 1.54) is 6.42 Å². The zero-order valence-corrected chi connectivity index (χ0v) is 7.14. The number of hydrogen-bond acceptors (Lipinski definition) is 2. The molecule has 0 aromatic rings. The molecular weight excluding hydrogens is 152 g/mol. The van der Waals surface area contributed by atoms with Crippen LogP contribution in [0.1, 0.15) is 38.5 Å². The maximum absolute atomic E-state index is 10.4. The molecule has 0 N–H and O–H groups in total. The summed E-state index contributed by atoms with van der Waals surface area (Å²) in [6.45, 7) is 0. The van der Waals surface area contributed by atoms with Gasteiger partial charge in [0.15, 0.2) is 0 Å². The van der Waals surface area contributed by atoms with E-state index in [1.54, 1.807) is 0 Å². The van der Waals surface area contributed by atoms with Gasteiger partial charge in [0.1, 0.15) is 0 Å². The molecule has 0 heterocycles. The van der Waals surface area contributed by atoms with Crippen LogP contribution in [0.15, 0.2) is 0 Å². The molecule has 2 heteroatoms. The monoisotopic (exact) mass is 165 g/mol. The fourth-order valence-electron chi connectivity index (χ4n) is 1.88. The minimum Gasteiger partial charge on any atom is -0.550 e. The lowest BCUT2D eigenvalue weighted by Gasteiger charge is -2.32. The van der Waals surface area contributed by atoms with Gasteiger partial charge in [0.25, 0.3) is 0 Å². The quantitative estimate of drug-likeness (QED) is 0.565. The lowest BCUT2D eigenvalue weighted by atomic mass is 9.72. The fraction of sp³-hybridized carbons (Fsp3) is 0.700. The van der Waals surface area contributed by atoms with Crippen LogP contribution in [-0.4, -0.2) is 5.97 Å². The van der Waals surface area contributed by atoms with Crippen LogP contribution in [0.2, 0.25) is 0 Å². The zero-order chi connectivity index (χ0) is 9.03. The van der Waals surface area contributed by atoms with Gasteiger partial charge < -0.3 is 9.90 Å². The Labute approximate surface area is 73.0 Å². The van der Waals surface area contributed by atoms with E-state index in [0.29, 0.717) is 0 Å². The molecule has 1 rings (SSSR count). The fourth-order valence-corrected chi connectivity index (χ4v) is 1.88. The summed E-state index contributed by atoms with van der Waals surface area (Å²) in [5.41, 5.74) is -0.392. The van der Waals surface area contributed by atoms with E-state index in [1.807, 2.05) is 0 Å². The second-order valence-corrected chi connectivity index (χ2v) is 3.53. The predicted octanol–water partition coefficient (Wildman–Crippen LogP) is 0.710. The molecule has 0 atom stereocenters. The van der Waals surface area contributed by atoms with E-state index < -0.39 is 11.4 Å². The zero-order valence-electron chi connectivity index (χ0n) is 7.14. The van der Waals surface area contributed by atoms with Gasteiger partial charge in [-0.25, -0.2) is 0 Å². The summed E-state index contributed by atoms with van der Waals surface area (Å²) in [4.78, 5) is 10.4. The van der Waals surface area contributed by atoms with Crippen molar-refractivity contribution in [2.24, 2.45) is 5.41 Å². The van der Waals surface area contributed by atoms with Crippen LogP contribution < -0.4 is 5.11 Å². The van der Waals surface area contributed by atoms with Gasteiger partial charge in [-0.05, 0) is 12.8 Å². The van der Waals surface area contributed by atoms with Crippen molar-refractivity contribution in [2.45, 2.75) is 38.5 Å². The van der Waals surface area contributed by atoms with Crippen molar-refractivity contribution in [2.75, 3.05) is 0 Å². The first kappa shape index (κ1) is 9.12. The van der Waals surface area contributed by atoms with Crippen molar-refractivity contribution in [3.63, 3.8) is 0 Å². The van der Waals surface area contributed by atoms with Gasteiger partial charge in [-0.2, -0.15) is 0 Å². The standard InChI is InChI=1S/C10H14O2/c1-2-10(8-9(11)12)6-4-3-5-7-10/h1H,3-8H2,(H,11,12)/p-1. The van der Waals surface area contributed by atoms with E-state index in [2.05, 4.69) is 5.92 Å². The minimum absolute atomic E-state index is 0.0312. The van der Waals surface area contributed by atoms with Gasteiger partial charge in [0.05, 0.1) is 0 Å². The summed E-state index contributed by atoms with van der Waals surface area (Å²) >= 11 is 0. The summed E-state index contributed by atoms with van der Waals surface area (Å²) in [6, 6.07) is 0. The SMILES string of the molecule is C#CC1(CC(=O)[O-])CCCCC1. The Kier molecular flexibility index (Phi) is 2.75. The average Bonchev–Trinajstić information content (AvgIpc) is 2.05. The van der Waals surface area contributed by atoms with Crippen molar-refractivity contribution in [3.8, 4) is 12.3 Å². The second kappa shape index (κ2) is 3.62. The first-order valence-corrected chi connectivity index (χ1v) is 4.36. The number of carboxylic acid groups (broad SMARTS) is 1. The van der Waals surface area contributed by atoms with Crippen LogP contribution >= 0.6 is 0 Å². The Bertz CT molecular complexity index is 206. The highest BCUT2D eigenvalue weighted by atomic mass is 16.4. The molecule has 2 nitrogen and oxygen atoms in total. The number of aliphatic carboxylic acids is 1. The normalized spacial score (nSPS) is 21.2. The lowest BCUT2D eigenvalue weighted by Crippen LogP contribution is -2.33. The molecule has 1 aliphatic rings. The van der Waals surface area contributed by atoms with Crippen molar-refractivity contribution in [3.05, 3.63) is 0 Å². The number of carboxylic acids is 1. The molecule has 0 saturated heterocycles. The smallest absolute Gasteiger partial charge is 0.0429 e. The molecule has 0 aromatic heterocycles. The van der Waals surface area contributed by atoms with E-state index in [-0.39, 0.29) is 6.42 Å². The van der Waals surface area contributed by atoms with E-state index in [4.69, 9.17) is 6.42 Å². The van der Waals surface area contributed by atoms with E-state index >= 15 is 0 Å². The molecule has 12 heavy (non-hydrogen) atoms. The predicted molar refractivity (Wildman–Crippen MR) is 44.0 cm³/mol. The third-order valence-corrected chi connectivity index (χ3v) is 2.60. The molecule has 0 aliphatic heterocycles. The first-order chi connectivity index (χ1) is 5.68. The Morgan fingerprint density at radius 1 is 1.42 bits per heavy atom. The molecular formula is C10H13O2-. The lowest BCUT2D eigenvalue weighted by molar-refractivity contribution is -0.307. The van der Waals surface area contributed by atoms with Crippen LogP contribution in [0.25, 0.3) is 0 Å². The Morgan fingerprint density at radius 2 is 2.00 bits per heavy atom. The molecule has 66 valence electrons. The van der Waals surface area contributed by atoms with Crippen molar-refractivity contribution in [1.82, 2.24) is 0 Å². The second-order valence-electron chi connectivity index (χ2n) is 3.53. The van der Waals surface area contributed by atoms with Gasteiger partial charge in [-0.15, -0.1) is 6.42 Å². The van der Waals surface area contributed by atoms with Crippen LogP contribution in [0.5, 0.6) is 0 Å². The maximum Gasteiger partial charge on any atom is 0.0429 e. The van der Waals surface area contributed by atoms with Gasteiger partial charge in [-0.3, -0.25) is 0 Å². The van der Waals surface area contributed by atoms with Crippen LogP contribution in [0.3, 0.4) is 0 Å².